The quantitative estimate of drug-likeness (QED) is 0.843. The van der Waals surface area contributed by atoms with E-state index < -0.39 is 0 Å². The summed E-state index contributed by atoms with van der Waals surface area (Å²) < 4.78 is 5.23. The molecule has 2 rings (SSSR count). The third-order valence-electron chi connectivity index (χ3n) is 4.06. The van der Waals surface area contributed by atoms with Crippen LogP contribution in [0.4, 0.5) is 0 Å². The minimum Gasteiger partial charge on any atom is -0.497 e. The average Bonchev–Trinajstić information content (AvgIpc) is 2.47. The van der Waals surface area contributed by atoms with Crippen molar-refractivity contribution in [2.24, 2.45) is 5.92 Å². The second kappa shape index (κ2) is 7.94. The zero-order valence-corrected chi connectivity index (χ0v) is 13.7. The molecular weight excluding hydrogens is 266 g/mol. The molecule has 1 aliphatic rings. The van der Waals surface area contributed by atoms with Crippen LogP contribution in [0.1, 0.15) is 39.5 Å². The third-order valence-corrected chi connectivity index (χ3v) is 5.43. The molecule has 0 heterocycles. The lowest BCUT2D eigenvalue weighted by Crippen LogP contribution is -2.42. The van der Waals surface area contributed by atoms with Gasteiger partial charge in [-0.05, 0) is 62.4 Å². The summed E-state index contributed by atoms with van der Waals surface area (Å²) >= 11 is 2.03. The first-order valence-corrected chi connectivity index (χ1v) is 8.65. The molecule has 0 aromatic heterocycles. The van der Waals surface area contributed by atoms with E-state index in [4.69, 9.17) is 4.74 Å². The number of nitrogens with one attached hydrogen (secondary N) is 1. The molecule has 0 bridgehead atoms. The summed E-state index contributed by atoms with van der Waals surface area (Å²) in [6, 6.07) is 9.14. The van der Waals surface area contributed by atoms with E-state index in [0.717, 1.165) is 18.2 Å². The van der Waals surface area contributed by atoms with E-state index in [1.165, 1.54) is 30.6 Å². The molecule has 20 heavy (non-hydrogen) atoms. The van der Waals surface area contributed by atoms with Crippen LogP contribution in [-0.2, 0) is 0 Å². The van der Waals surface area contributed by atoms with E-state index in [0.29, 0.717) is 11.3 Å². The topological polar surface area (TPSA) is 21.3 Å². The number of thioether (sulfide) groups is 1. The second-order valence-electron chi connectivity index (χ2n) is 5.81. The van der Waals surface area contributed by atoms with Crippen LogP contribution in [0.25, 0.3) is 0 Å². The van der Waals surface area contributed by atoms with E-state index in [1.54, 1.807) is 7.11 Å². The summed E-state index contributed by atoms with van der Waals surface area (Å²) in [6.07, 6.45) is 5.21. The highest BCUT2D eigenvalue weighted by atomic mass is 32.2. The van der Waals surface area contributed by atoms with Crippen LogP contribution < -0.4 is 10.1 Å². The van der Waals surface area contributed by atoms with E-state index in [2.05, 4.69) is 43.4 Å². The highest BCUT2D eigenvalue weighted by Gasteiger charge is 2.28. The predicted octanol–water partition coefficient (Wildman–Crippen LogP) is 4.34. The summed E-state index contributed by atoms with van der Waals surface area (Å²) in [5.74, 6) is 1.79. The molecule has 1 fully saturated rings. The number of benzene rings is 1. The summed E-state index contributed by atoms with van der Waals surface area (Å²) in [7, 11) is 1.72. The molecule has 1 aliphatic carbocycles. The van der Waals surface area contributed by atoms with Crippen molar-refractivity contribution >= 4 is 11.8 Å². The standard InChI is InChI=1S/C17H27NOS/c1-4-11-18-16-10-5-13(2)12-17(16)20-15-8-6-14(19-3)7-9-15/h6-9,13,16-18H,4-5,10-12H2,1-3H3. The smallest absolute Gasteiger partial charge is 0.118 e. The van der Waals surface area contributed by atoms with Gasteiger partial charge in [-0.25, -0.2) is 0 Å². The van der Waals surface area contributed by atoms with Crippen LogP contribution >= 0.6 is 11.8 Å². The molecule has 2 nitrogen and oxygen atoms in total. The summed E-state index contributed by atoms with van der Waals surface area (Å²) in [5.41, 5.74) is 0. The molecule has 1 saturated carbocycles. The largest absolute Gasteiger partial charge is 0.497 e. The predicted molar refractivity (Wildman–Crippen MR) is 87.7 cm³/mol. The SMILES string of the molecule is CCCNC1CCC(C)CC1Sc1ccc(OC)cc1. The first kappa shape index (κ1) is 15.7. The van der Waals surface area contributed by atoms with Gasteiger partial charge >= 0.3 is 0 Å². The molecule has 0 spiro atoms. The van der Waals surface area contributed by atoms with Crippen LogP contribution in [-0.4, -0.2) is 24.9 Å². The lowest BCUT2D eigenvalue weighted by Gasteiger charge is -2.35. The maximum absolute atomic E-state index is 5.23. The molecule has 0 saturated heterocycles. The lowest BCUT2D eigenvalue weighted by atomic mass is 9.87. The van der Waals surface area contributed by atoms with Gasteiger partial charge in [-0.15, -0.1) is 11.8 Å². The van der Waals surface area contributed by atoms with Crippen molar-refractivity contribution in [2.75, 3.05) is 13.7 Å². The van der Waals surface area contributed by atoms with Crippen molar-refractivity contribution in [1.29, 1.82) is 0 Å². The van der Waals surface area contributed by atoms with E-state index in [-0.39, 0.29) is 0 Å². The van der Waals surface area contributed by atoms with Crippen LogP contribution in [0.15, 0.2) is 29.2 Å². The number of rotatable bonds is 6. The Morgan fingerprint density at radius 3 is 2.65 bits per heavy atom. The normalized spacial score (nSPS) is 26.4. The van der Waals surface area contributed by atoms with Crippen molar-refractivity contribution < 1.29 is 4.74 Å². The van der Waals surface area contributed by atoms with Crippen LogP contribution in [0.5, 0.6) is 5.75 Å². The van der Waals surface area contributed by atoms with Gasteiger partial charge in [0.05, 0.1) is 7.11 Å². The zero-order valence-electron chi connectivity index (χ0n) is 12.9. The van der Waals surface area contributed by atoms with Crippen molar-refractivity contribution in [3.05, 3.63) is 24.3 Å². The minimum atomic E-state index is 0.665. The van der Waals surface area contributed by atoms with Gasteiger partial charge in [-0.2, -0.15) is 0 Å². The fourth-order valence-electron chi connectivity index (χ4n) is 2.85. The van der Waals surface area contributed by atoms with Gasteiger partial charge in [0.2, 0.25) is 0 Å². The fraction of sp³-hybridized carbons (Fsp3) is 0.647. The van der Waals surface area contributed by atoms with E-state index in [1.807, 2.05) is 11.8 Å². The first-order valence-electron chi connectivity index (χ1n) is 7.77. The molecule has 112 valence electrons. The van der Waals surface area contributed by atoms with Gasteiger partial charge in [-0.3, -0.25) is 0 Å². The van der Waals surface area contributed by atoms with Crippen molar-refractivity contribution in [1.82, 2.24) is 5.32 Å². The molecule has 0 aliphatic heterocycles. The Kier molecular flexibility index (Phi) is 6.24. The first-order chi connectivity index (χ1) is 9.72. The molecule has 3 unspecified atom stereocenters. The molecule has 0 radical (unpaired) electrons. The third kappa shape index (κ3) is 4.42. The van der Waals surface area contributed by atoms with Gasteiger partial charge in [0.25, 0.3) is 0 Å². The fourth-order valence-corrected chi connectivity index (χ4v) is 4.32. The molecule has 1 aromatic carbocycles. The average molecular weight is 293 g/mol. The van der Waals surface area contributed by atoms with Gasteiger partial charge in [0.15, 0.2) is 0 Å². The Hall–Kier alpha value is -0.670. The monoisotopic (exact) mass is 293 g/mol. The van der Waals surface area contributed by atoms with Gasteiger partial charge < -0.3 is 10.1 Å². The summed E-state index contributed by atoms with van der Waals surface area (Å²) in [4.78, 5) is 1.35. The molecule has 3 atom stereocenters. The highest BCUT2D eigenvalue weighted by molar-refractivity contribution is 8.00. The Bertz CT molecular complexity index is 390. The lowest BCUT2D eigenvalue weighted by molar-refractivity contribution is 0.317. The Balaban J connectivity index is 1.98. The Labute approximate surface area is 127 Å². The van der Waals surface area contributed by atoms with Crippen molar-refractivity contribution in [3.8, 4) is 5.75 Å². The maximum atomic E-state index is 5.23. The minimum absolute atomic E-state index is 0.665. The van der Waals surface area contributed by atoms with Crippen LogP contribution in [0.2, 0.25) is 0 Å². The van der Waals surface area contributed by atoms with E-state index in [9.17, 15) is 0 Å². The molecular formula is C17H27NOS. The van der Waals surface area contributed by atoms with Crippen LogP contribution in [0, 0.1) is 5.92 Å². The second-order valence-corrected chi connectivity index (χ2v) is 7.12. The number of methoxy groups -OCH3 is 1. The summed E-state index contributed by atoms with van der Waals surface area (Å²) in [5, 5.41) is 4.43. The maximum Gasteiger partial charge on any atom is 0.118 e. The zero-order chi connectivity index (χ0) is 14.4. The van der Waals surface area contributed by atoms with Gasteiger partial charge in [0.1, 0.15) is 5.75 Å². The summed E-state index contributed by atoms with van der Waals surface area (Å²) in [6.45, 7) is 5.76. The number of hydrogen-bond acceptors (Lipinski definition) is 3. The highest BCUT2D eigenvalue weighted by Crippen LogP contribution is 2.36. The molecule has 3 heteroatoms. The number of ether oxygens (including phenoxy) is 1. The van der Waals surface area contributed by atoms with E-state index >= 15 is 0 Å². The van der Waals surface area contributed by atoms with Crippen molar-refractivity contribution in [2.45, 2.75) is 55.7 Å². The molecule has 1 N–H and O–H groups in total. The van der Waals surface area contributed by atoms with Gasteiger partial charge in [-0.1, -0.05) is 13.8 Å². The molecule has 0 amide bonds. The van der Waals surface area contributed by atoms with Crippen molar-refractivity contribution in [3.63, 3.8) is 0 Å². The Morgan fingerprint density at radius 1 is 1.25 bits per heavy atom. The van der Waals surface area contributed by atoms with Gasteiger partial charge in [0, 0.05) is 16.2 Å². The number of hydrogen-bond donors (Lipinski definition) is 1. The Morgan fingerprint density at radius 2 is 2.00 bits per heavy atom. The molecule has 1 aromatic rings. The van der Waals surface area contributed by atoms with Crippen LogP contribution in [0.3, 0.4) is 0 Å².